The lowest BCUT2D eigenvalue weighted by Crippen LogP contribution is -2.53. The summed E-state index contributed by atoms with van der Waals surface area (Å²) in [6, 6.07) is 11.6. The molecule has 1 aliphatic rings. The molecule has 4 rings (SSSR count). The Kier molecular flexibility index (Phi) is 8.54. The number of sulfonamides is 1. The van der Waals surface area contributed by atoms with Crippen molar-refractivity contribution in [3.8, 4) is 11.8 Å². The number of aryl methyl sites for hydroxylation is 1. The van der Waals surface area contributed by atoms with E-state index in [1.807, 2.05) is 24.3 Å². The van der Waals surface area contributed by atoms with Crippen molar-refractivity contribution in [2.75, 3.05) is 20.1 Å². The van der Waals surface area contributed by atoms with Crippen LogP contribution in [0.3, 0.4) is 0 Å². The van der Waals surface area contributed by atoms with E-state index in [0.717, 1.165) is 35.3 Å². The molecule has 39 heavy (non-hydrogen) atoms. The van der Waals surface area contributed by atoms with Gasteiger partial charge in [-0.25, -0.2) is 13.1 Å². The summed E-state index contributed by atoms with van der Waals surface area (Å²) in [5.74, 6) is 2.61. The zero-order chi connectivity index (χ0) is 28.0. The van der Waals surface area contributed by atoms with Crippen LogP contribution in [0.5, 0.6) is 0 Å². The Labute approximate surface area is 223 Å². The minimum atomic E-state index is -4.31. The maximum Gasteiger partial charge on any atom is 0.631 e. The number of benzene rings is 2. The summed E-state index contributed by atoms with van der Waals surface area (Å²) in [5.41, 5.74) is 1.32. The van der Waals surface area contributed by atoms with E-state index >= 15 is 0 Å². The monoisotopic (exact) mass is 554 g/mol. The lowest BCUT2D eigenvalue weighted by Gasteiger charge is -2.25. The number of fused-ring (bicyclic) bond motifs is 1. The molecule has 14 nitrogen and oxygen atoms in total. The molecule has 1 atom stereocenters. The molecule has 16 heteroatoms. The van der Waals surface area contributed by atoms with E-state index in [2.05, 4.69) is 26.9 Å². The Bertz CT molecular complexity index is 1530. The van der Waals surface area contributed by atoms with Crippen molar-refractivity contribution < 1.29 is 32.2 Å². The number of nitrogens with one attached hydrogen (secondary N) is 1. The molecule has 0 spiro atoms. The molecule has 0 saturated carbocycles. The molecule has 3 aromatic rings. The first kappa shape index (κ1) is 27.7. The van der Waals surface area contributed by atoms with E-state index in [1.54, 1.807) is 4.68 Å². The van der Waals surface area contributed by atoms with Gasteiger partial charge in [-0.1, -0.05) is 23.3 Å². The second kappa shape index (κ2) is 12.0. The van der Waals surface area contributed by atoms with Crippen molar-refractivity contribution in [3.63, 3.8) is 0 Å². The molecular weight excluding hydrogens is 531 g/mol. The highest BCUT2D eigenvalue weighted by molar-refractivity contribution is 7.89. The molecular formula is C23H23BN6O8S. The molecule has 1 saturated heterocycles. The molecule has 0 aliphatic carbocycles. The summed E-state index contributed by atoms with van der Waals surface area (Å²) < 4.78 is 40.6. The molecule has 0 bridgehead atoms. The van der Waals surface area contributed by atoms with Crippen LogP contribution in [0.25, 0.3) is 11.0 Å². The summed E-state index contributed by atoms with van der Waals surface area (Å²) in [5, 5.41) is 19.1. The standard InChI is InChI=1S/C23H23BN6O8S/c1-28-15-22(31)37-24(38-23(32)16-28)21(26-39(35,36)18-12-10-17(11-13-18)30(33)34)9-3-2-6-14-29-20-8-5-4-7-19(20)25-27-29/h4-5,7-8,10-13,21,26H,2,6,14-16H2,1H3. The van der Waals surface area contributed by atoms with Crippen LogP contribution in [0.4, 0.5) is 5.69 Å². The van der Waals surface area contributed by atoms with Crippen LogP contribution in [0.15, 0.2) is 53.4 Å². The average Bonchev–Trinajstić information content (AvgIpc) is 3.29. The third-order valence-electron chi connectivity index (χ3n) is 5.55. The molecule has 1 unspecified atom stereocenters. The second-order valence-corrected chi connectivity index (χ2v) is 10.3. The normalized spacial score (nSPS) is 15.5. The number of hydrogen-bond donors (Lipinski definition) is 1. The van der Waals surface area contributed by atoms with Gasteiger partial charge >= 0.3 is 19.1 Å². The highest BCUT2D eigenvalue weighted by atomic mass is 32.2. The molecule has 202 valence electrons. The number of carbonyl (C=O) groups excluding carboxylic acids is 2. The quantitative estimate of drug-likeness (QED) is 0.135. The zero-order valence-corrected chi connectivity index (χ0v) is 21.5. The van der Waals surface area contributed by atoms with Gasteiger partial charge in [-0.05, 0) is 37.7 Å². The first-order chi connectivity index (χ1) is 18.6. The maximum absolute atomic E-state index is 13.0. The third kappa shape index (κ3) is 7.16. The molecule has 1 aliphatic heterocycles. The predicted octanol–water partition coefficient (Wildman–Crippen LogP) is 0.529. The number of aromatic nitrogens is 3. The number of para-hydroxylation sites is 1. The van der Waals surface area contributed by atoms with Crippen molar-refractivity contribution in [3.05, 3.63) is 58.6 Å². The van der Waals surface area contributed by atoms with Gasteiger partial charge in [0, 0.05) is 25.1 Å². The smallest absolute Gasteiger partial charge is 0.497 e. The first-order valence-electron chi connectivity index (χ1n) is 11.7. The van der Waals surface area contributed by atoms with Gasteiger partial charge in [0.05, 0.1) is 28.4 Å². The average molecular weight is 554 g/mol. The zero-order valence-electron chi connectivity index (χ0n) is 20.7. The van der Waals surface area contributed by atoms with Gasteiger partial charge in [0.1, 0.15) is 11.5 Å². The van der Waals surface area contributed by atoms with Crippen LogP contribution >= 0.6 is 0 Å². The first-order valence-corrected chi connectivity index (χ1v) is 13.2. The van der Waals surface area contributed by atoms with Gasteiger partial charge in [-0.3, -0.25) is 24.6 Å². The van der Waals surface area contributed by atoms with Crippen molar-refractivity contribution in [2.24, 2.45) is 0 Å². The summed E-state index contributed by atoms with van der Waals surface area (Å²) in [4.78, 5) is 35.9. The lowest BCUT2D eigenvalue weighted by molar-refractivity contribution is -0.384. The van der Waals surface area contributed by atoms with E-state index < -0.39 is 39.9 Å². The topological polar surface area (TPSA) is 176 Å². The number of nitro benzene ring substituents is 1. The summed E-state index contributed by atoms with van der Waals surface area (Å²) in [6.07, 6.45) is 0.846. The second-order valence-electron chi connectivity index (χ2n) is 8.60. The van der Waals surface area contributed by atoms with Gasteiger partial charge in [0.15, 0.2) is 0 Å². The Morgan fingerprint density at radius 2 is 1.79 bits per heavy atom. The van der Waals surface area contributed by atoms with Crippen LogP contribution in [-0.4, -0.2) is 78.4 Å². The number of nitrogens with zero attached hydrogens (tertiary/aromatic N) is 5. The van der Waals surface area contributed by atoms with Crippen molar-refractivity contribution >= 4 is 45.8 Å². The Morgan fingerprint density at radius 1 is 1.13 bits per heavy atom. The van der Waals surface area contributed by atoms with Gasteiger partial charge in [0.25, 0.3) is 5.69 Å². The maximum atomic E-state index is 13.0. The largest absolute Gasteiger partial charge is 0.631 e. The van der Waals surface area contributed by atoms with E-state index in [0.29, 0.717) is 19.4 Å². The van der Waals surface area contributed by atoms with E-state index in [1.165, 1.54) is 11.9 Å². The Balaban J connectivity index is 1.52. The highest BCUT2D eigenvalue weighted by Gasteiger charge is 2.41. The van der Waals surface area contributed by atoms with Crippen LogP contribution in [-0.2, 0) is 35.5 Å². The molecule has 0 radical (unpaired) electrons. The molecule has 2 heterocycles. The SMILES string of the molecule is CN1CC(=O)OB(C(C#CCCCn2nnc3ccccc32)NS(=O)(=O)c2ccc([N+](=O)[O-])cc2)OC(=O)C1. The molecule has 2 aromatic carbocycles. The van der Waals surface area contributed by atoms with Gasteiger partial charge in [0.2, 0.25) is 10.0 Å². The third-order valence-corrected chi connectivity index (χ3v) is 7.01. The number of hydrogen-bond acceptors (Lipinski definition) is 11. The molecule has 0 amide bonds. The van der Waals surface area contributed by atoms with Crippen molar-refractivity contribution in [1.82, 2.24) is 24.6 Å². The molecule has 1 aromatic heterocycles. The fraction of sp³-hybridized carbons (Fsp3) is 0.304. The van der Waals surface area contributed by atoms with Gasteiger partial charge in [-0.2, -0.15) is 4.72 Å². The highest BCUT2D eigenvalue weighted by Crippen LogP contribution is 2.17. The summed E-state index contributed by atoms with van der Waals surface area (Å²) in [6.45, 7) is 0.0630. The van der Waals surface area contributed by atoms with Crippen LogP contribution in [0.2, 0.25) is 0 Å². The summed E-state index contributed by atoms with van der Waals surface area (Å²) in [7, 11) is -4.44. The van der Waals surface area contributed by atoms with Crippen LogP contribution in [0.1, 0.15) is 12.8 Å². The van der Waals surface area contributed by atoms with E-state index in [9.17, 15) is 28.1 Å². The number of likely N-dealkylation sites (N-methyl/N-ethyl adjacent to an activating group) is 1. The Hall–Kier alpha value is -4.33. The number of nitro groups is 1. The molecule has 1 fully saturated rings. The predicted molar refractivity (Wildman–Crippen MR) is 137 cm³/mol. The van der Waals surface area contributed by atoms with Gasteiger partial charge < -0.3 is 9.31 Å². The number of unbranched alkanes of at least 4 members (excludes halogenated alkanes) is 1. The molecule has 1 N–H and O–H groups in total. The van der Waals surface area contributed by atoms with Gasteiger partial charge in [-0.15, -0.1) is 11.0 Å². The fourth-order valence-corrected chi connectivity index (χ4v) is 4.84. The number of rotatable bonds is 8. The fourth-order valence-electron chi connectivity index (χ4n) is 3.71. The minimum Gasteiger partial charge on any atom is -0.497 e. The van der Waals surface area contributed by atoms with Crippen LogP contribution < -0.4 is 4.72 Å². The Morgan fingerprint density at radius 3 is 2.46 bits per heavy atom. The number of carbonyl (C=O) groups is 2. The number of non-ortho nitro benzene ring substituents is 1. The van der Waals surface area contributed by atoms with Crippen LogP contribution in [0, 0.1) is 22.0 Å². The van der Waals surface area contributed by atoms with Crippen molar-refractivity contribution in [1.29, 1.82) is 0 Å². The van der Waals surface area contributed by atoms with E-state index in [-0.39, 0.29) is 23.7 Å². The van der Waals surface area contributed by atoms with E-state index in [4.69, 9.17) is 9.31 Å². The lowest BCUT2D eigenvalue weighted by atomic mass is 9.78. The van der Waals surface area contributed by atoms with Crippen molar-refractivity contribution in [2.45, 2.75) is 30.2 Å². The summed E-state index contributed by atoms with van der Waals surface area (Å²) >= 11 is 0. The minimum absolute atomic E-state index is 0.216.